The molecule has 0 saturated carbocycles. The first kappa shape index (κ1) is 17.7. The lowest BCUT2D eigenvalue weighted by Crippen LogP contribution is -2.35. The molecule has 1 N–H and O–H groups in total. The number of aliphatic hydroxyl groups excluding tert-OH is 1. The minimum atomic E-state index is -0.0834. The number of hydrogen-bond acceptors (Lipinski definition) is 7. The summed E-state index contributed by atoms with van der Waals surface area (Å²) in [6, 6.07) is 5.72. The van der Waals surface area contributed by atoms with E-state index in [2.05, 4.69) is 30.0 Å². The van der Waals surface area contributed by atoms with Gasteiger partial charge >= 0.3 is 0 Å². The van der Waals surface area contributed by atoms with Crippen LogP contribution < -0.4 is 0 Å². The molecule has 0 unspecified atom stereocenters. The van der Waals surface area contributed by atoms with Gasteiger partial charge in [-0.15, -0.1) is 10.2 Å². The molecular weight excluding hydrogens is 342 g/mol. The maximum atomic E-state index is 9.33. The molecule has 0 aromatic carbocycles. The van der Waals surface area contributed by atoms with Crippen molar-refractivity contribution in [1.29, 1.82) is 0 Å². The van der Waals surface area contributed by atoms with Crippen LogP contribution >= 0.6 is 0 Å². The molecule has 0 radical (unpaired) electrons. The van der Waals surface area contributed by atoms with Gasteiger partial charge in [-0.05, 0) is 31.5 Å². The van der Waals surface area contributed by atoms with E-state index in [0.29, 0.717) is 17.6 Å². The van der Waals surface area contributed by atoms with Crippen LogP contribution in [0.1, 0.15) is 36.0 Å². The van der Waals surface area contributed by atoms with Crippen LogP contribution in [0.4, 0.5) is 0 Å². The van der Waals surface area contributed by atoms with Gasteiger partial charge in [0.05, 0.1) is 0 Å². The van der Waals surface area contributed by atoms with Crippen LogP contribution in [-0.2, 0) is 20.2 Å². The molecule has 4 heterocycles. The second kappa shape index (κ2) is 7.89. The summed E-state index contributed by atoms with van der Waals surface area (Å²) in [5.41, 5.74) is 1.87. The molecule has 0 amide bonds. The highest BCUT2D eigenvalue weighted by atomic mass is 16.3. The Hall–Kier alpha value is -2.71. The third-order valence-corrected chi connectivity index (χ3v) is 5.02. The number of aromatic nitrogens is 6. The fraction of sp³-hybridized carbons (Fsp3) is 0.421. The van der Waals surface area contributed by atoms with Crippen molar-refractivity contribution in [3.05, 3.63) is 54.0 Å². The zero-order chi connectivity index (χ0) is 18.6. The first-order valence-electron chi connectivity index (χ1n) is 9.18. The lowest BCUT2D eigenvalue weighted by atomic mass is 9.97. The molecule has 1 atom stereocenters. The van der Waals surface area contributed by atoms with Crippen LogP contribution in [0.3, 0.4) is 0 Å². The van der Waals surface area contributed by atoms with Crippen LogP contribution in [0.25, 0.3) is 11.5 Å². The van der Waals surface area contributed by atoms with Crippen LogP contribution in [0, 0.1) is 0 Å². The van der Waals surface area contributed by atoms with Gasteiger partial charge in [0.15, 0.2) is 11.6 Å². The highest BCUT2D eigenvalue weighted by Gasteiger charge is 2.26. The topological polar surface area (TPSA) is 92.8 Å². The van der Waals surface area contributed by atoms with E-state index < -0.39 is 0 Å². The van der Waals surface area contributed by atoms with Crippen molar-refractivity contribution in [2.24, 2.45) is 7.05 Å². The van der Waals surface area contributed by atoms with E-state index in [0.717, 1.165) is 49.6 Å². The summed E-state index contributed by atoms with van der Waals surface area (Å²) in [4.78, 5) is 15.6. The number of rotatable bonds is 5. The standard InChI is InChI=1S/C19H23N7O/c1-25-17(13-27)23-24-19(25)15-5-4-8-26(12-15)11-14-9-21-18(22-10-14)16-6-2-3-7-20-16/h2-3,6-7,9-10,15,27H,4-5,8,11-13H2,1H3/t15-/m0/s1. The van der Waals surface area contributed by atoms with E-state index in [1.807, 2.05) is 42.2 Å². The van der Waals surface area contributed by atoms with Gasteiger partial charge in [-0.2, -0.15) is 0 Å². The average Bonchev–Trinajstić information content (AvgIpc) is 3.10. The monoisotopic (exact) mass is 365 g/mol. The number of aliphatic hydroxyl groups is 1. The molecule has 8 heteroatoms. The summed E-state index contributed by atoms with van der Waals surface area (Å²) in [5.74, 6) is 2.53. The molecule has 3 aromatic rings. The van der Waals surface area contributed by atoms with Crippen LogP contribution in [0.5, 0.6) is 0 Å². The maximum absolute atomic E-state index is 9.33. The Bertz CT molecular complexity index is 879. The fourth-order valence-electron chi connectivity index (χ4n) is 3.60. The molecular formula is C19H23N7O. The van der Waals surface area contributed by atoms with E-state index >= 15 is 0 Å². The number of nitrogens with zero attached hydrogens (tertiary/aromatic N) is 7. The van der Waals surface area contributed by atoms with Crippen molar-refractivity contribution < 1.29 is 5.11 Å². The summed E-state index contributed by atoms with van der Waals surface area (Å²) < 4.78 is 1.92. The predicted molar refractivity (Wildman–Crippen MR) is 99.4 cm³/mol. The molecule has 0 bridgehead atoms. The second-order valence-corrected chi connectivity index (χ2v) is 6.90. The van der Waals surface area contributed by atoms with Crippen molar-refractivity contribution in [2.75, 3.05) is 13.1 Å². The number of hydrogen-bond donors (Lipinski definition) is 1. The summed E-state index contributed by atoms with van der Waals surface area (Å²) in [6.45, 7) is 2.69. The molecule has 0 aliphatic carbocycles. The molecule has 1 aliphatic heterocycles. The number of piperidine rings is 1. The molecule has 1 saturated heterocycles. The van der Waals surface area contributed by atoms with E-state index in [1.54, 1.807) is 6.20 Å². The highest BCUT2D eigenvalue weighted by molar-refractivity contribution is 5.47. The third-order valence-electron chi connectivity index (χ3n) is 5.02. The SMILES string of the molecule is Cn1c(CO)nnc1[C@H]1CCCN(Cc2cnc(-c3ccccn3)nc2)C1. The summed E-state index contributed by atoms with van der Waals surface area (Å²) in [5, 5.41) is 17.7. The highest BCUT2D eigenvalue weighted by Crippen LogP contribution is 2.26. The Balaban J connectivity index is 1.42. The Morgan fingerprint density at radius 2 is 2.00 bits per heavy atom. The lowest BCUT2D eigenvalue weighted by molar-refractivity contribution is 0.194. The van der Waals surface area contributed by atoms with Gasteiger partial charge in [-0.25, -0.2) is 9.97 Å². The van der Waals surface area contributed by atoms with E-state index in [4.69, 9.17) is 0 Å². The number of likely N-dealkylation sites (tertiary alicyclic amines) is 1. The van der Waals surface area contributed by atoms with Gasteiger partial charge in [-0.1, -0.05) is 6.07 Å². The van der Waals surface area contributed by atoms with Crippen LogP contribution in [-0.4, -0.2) is 52.8 Å². The van der Waals surface area contributed by atoms with Gasteiger partial charge in [0.25, 0.3) is 0 Å². The smallest absolute Gasteiger partial charge is 0.178 e. The molecule has 1 fully saturated rings. The Morgan fingerprint density at radius 1 is 1.15 bits per heavy atom. The largest absolute Gasteiger partial charge is 0.388 e. The average molecular weight is 365 g/mol. The lowest BCUT2D eigenvalue weighted by Gasteiger charge is -2.32. The van der Waals surface area contributed by atoms with Gasteiger partial charge < -0.3 is 9.67 Å². The third kappa shape index (κ3) is 3.86. The molecule has 1 aliphatic rings. The fourth-order valence-corrected chi connectivity index (χ4v) is 3.60. The molecule has 0 spiro atoms. The minimum absolute atomic E-state index is 0.0834. The molecule has 140 valence electrons. The van der Waals surface area contributed by atoms with Crippen LogP contribution in [0.15, 0.2) is 36.8 Å². The summed E-state index contributed by atoms with van der Waals surface area (Å²) >= 11 is 0. The van der Waals surface area contributed by atoms with Crippen molar-refractivity contribution >= 4 is 0 Å². The number of pyridine rings is 1. The zero-order valence-corrected chi connectivity index (χ0v) is 15.4. The quantitative estimate of drug-likeness (QED) is 0.733. The normalized spacial score (nSPS) is 17.9. The van der Waals surface area contributed by atoms with Gasteiger partial charge in [0, 0.05) is 50.2 Å². The minimum Gasteiger partial charge on any atom is -0.388 e. The second-order valence-electron chi connectivity index (χ2n) is 6.90. The van der Waals surface area contributed by atoms with Crippen LogP contribution in [0.2, 0.25) is 0 Å². The zero-order valence-electron chi connectivity index (χ0n) is 15.4. The van der Waals surface area contributed by atoms with Gasteiger partial charge in [0.1, 0.15) is 18.1 Å². The Morgan fingerprint density at radius 3 is 2.70 bits per heavy atom. The molecule has 4 rings (SSSR count). The summed E-state index contributed by atoms with van der Waals surface area (Å²) in [7, 11) is 1.92. The Labute approximate surface area is 157 Å². The van der Waals surface area contributed by atoms with Crippen molar-refractivity contribution in [3.63, 3.8) is 0 Å². The molecule has 27 heavy (non-hydrogen) atoms. The van der Waals surface area contributed by atoms with E-state index in [1.165, 1.54) is 0 Å². The van der Waals surface area contributed by atoms with Crippen molar-refractivity contribution in [1.82, 2.24) is 34.6 Å². The van der Waals surface area contributed by atoms with E-state index in [9.17, 15) is 5.11 Å². The van der Waals surface area contributed by atoms with Gasteiger partial charge in [0.2, 0.25) is 0 Å². The van der Waals surface area contributed by atoms with Crippen molar-refractivity contribution in [3.8, 4) is 11.5 Å². The summed E-state index contributed by atoms with van der Waals surface area (Å²) in [6.07, 6.45) is 7.71. The first-order chi connectivity index (χ1) is 13.2. The van der Waals surface area contributed by atoms with Gasteiger partial charge in [-0.3, -0.25) is 9.88 Å². The molecule has 8 nitrogen and oxygen atoms in total. The van der Waals surface area contributed by atoms with E-state index in [-0.39, 0.29) is 6.61 Å². The first-order valence-corrected chi connectivity index (χ1v) is 9.18. The Kier molecular flexibility index (Phi) is 5.17. The predicted octanol–water partition coefficient (Wildman–Crippen LogP) is 1.54. The van der Waals surface area contributed by atoms with Crippen molar-refractivity contribution in [2.45, 2.75) is 31.9 Å². The maximum Gasteiger partial charge on any atom is 0.178 e. The molecule has 3 aromatic heterocycles.